The van der Waals surface area contributed by atoms with E-state index in [1.54, 1.807) is 7.11 Å². The third-order valence-electron chi connectivity index (χ3n) is 6.50. The zero-order valence-electron chi connectivity index (χ0n) is 13.2. The molecule has 3 nitrogen and oxygen atoms in total. The van der Waals surface area contributed by atoms with E-state index >= 15 is 0 Å². The molecule has 0 aromatic rings. The lowest BCUT2D eigenvalue weighted by molar-refractivity contribution is -0.0651. The monoisotopic (exact) mass is 280 g/mol. The van der Waals surface area contributed by atoms with E-state index in [4.69, 9.17) is 10.6 Å². The van der Waals surface area contributed by atoms with Crippen LogP contribution in [0.25, 0.3) is 0 Å². The van der Waals surface area contributed by atoms with Gasteiger partial charge in [0.25, 0.3) is 0 Å². The van der Waals surface area contributed by atoms with E-state index in [2.05, 4.69) is 12.3 Å². The molecular weight excluding hydrogens is 248 g/mol. The van der Waals surface area contributed by atoms with Gasteiger partial charge >= 0.3 is 0 Å². The first-order valence-corrected chi connectivity index (χ1v) is 8.59. The highest BCUT2D eigenvalue weighted by molar-refractivity contribution is 5.02. The van der Waals surface area contributed by atoms with Crippen molar-refractivity contribution in [2.75, 3.05) is 13.7 Å². The van der Waals surface area contributed by atoms with Crippen LogP contribution >= 0.6 is 0 Å². The van der Waals surface area contributed by atoms with Crippen LogP contribution in [-0.2, 0) is 4.74 Å². The molecule has 0 heterocycles. The second-order valence-electron chi connectivity index (χ2n) is 8.15. The largest absolute Gasteiger partial charge is 0.385 e. The molecule has 4 bridgehead atoms. The minimum atomic E-state index is 0.460. The first-order valence-electron chi connectivity index (χ1n) is 8.59. The number of nitrogens with one attached hydrogen (secondary N) is 1. The molecule has 2 unspecified atom stereocenters. The Morgan fingerprint density at radius 1 is 1.15 bits per heavy atom. The van der Waals surface area contributed by atoms with E-state index in [9.17, 15) is 0 Å². The summed E-state index contributed by atoms with van der Waals surface area (Å²) in [5.41, 5.74) is 3.75. The van der Waals surface area contributed by atoms with Gasteiger partial charge in [-0.1, -0.05) is 6.92 Å². The fraction of sp³-hybridized carbons (Fsp3) is 1.00. The van der Waals surface area contributed by atoms with Crippen LogP contribution < -0.4 is 11.3 Å². The molecule has 116 valence electrons. The molecule has 4 rings (SSSR count). The summed E-state index contributed by atoms with van der Waals surface area (Å²) in [5.74, 6) is 9.60. The predicted octanol–water partition coefficient (Wildman–Crippen LogP) is 3.10. The Morgan fingerprint density at radius 2 is 1.70 bits per heavy atom. The van der Waals surface area contributed by atoms with Crippen LogP contribution in [0.1, 0.15) is 58.3 Å². The van der Waals surface area contributed by atoms with Crippen molar-refractivity contribution in [1.82, 2.24) is 5.43 Å². The molecule has 0 radical (unpaired) electrons. The zero-order valence-corrected chi connectivity index (χ0v) is 13.2. The van der Waals surface area contributed by atoms with Crippen LogP contribution in [0.2, 0.25) is 0 Å². The van der Waals surface area contributed by atoms with Crippen LogP contribution in [0.4, 0.5) is 0 Å². The third-order valence-corrected chi connectivity index (χ3v) is 6.50. The first kappa shape index (κ1) is 14.8. The van der Waals surface area contributed by atoms with Gasteiger partial charge in [-0.2, -0.15) is 0 Å². The molecule has 0 aromatic heterocycles. The lowest BCUT2D eigenvalue weighted by atomic mass is 9.48. The average Bonchev–Trinajstić information content (AvgIpc) is 2.40. The number of ether oxygens (including phenoxy) is 1. The van der Waals surface area contributed by atoms with Gasteiger partial charge in [0.1, 0.15) is 0 Å². The van der Waals surface area contributed by atoms with E-state index < -0.39 is 0 Å². The highest BCUT2D eigenvalue weighted by Gasteiger charge is 2.51. The number of rotatable bonds is 7. The summed E-state index contributed by atoms with van der Waals surface area (Å²) in [7, 11) is 1.79. The first-order chi connectivity index (χ1) is 9.64. The van der Waals surface area contributed by atoms with Gasteiger partial charge in [0.15, 0.2) is 0 Å². The molecule has 4 fully saturated rings. The van der Waals surface area contributed by atoms with Crippen LogP contribution in [0.5, 0.6) is 0 Å². The summed E-state index contributed by atoms with van der Waals surface area (Å²) < 4.78 is 5.23. The molecule has 0 saturated heterocycles. The van der Waals surface area contributed by atoms with E-state index in [-0.39, 0.29) is 0 Å². The second-order valence-corrected chi connectivity index (χ2v) is 8.15. The average molecular weight is 280 g/mol. The predicted molar refractivity (Wildman–Crippen MR) is 82.0 cm³/mol. The maximum Gasteiger partial charge on any atom is 0.0465 e. The minimum Gasteiger partial charge on any atom is -0.385 e. The topological polar surface area (TPSA) is 47.3 Å². The van der Waals surface area contributed by atoms with E-state index in [0.29, 0.717) is 17.4 Å². The molecule has 0 spiro atoms. The Bertz CT molecular complexity index is 296. The molecule has 0 aliphatic heterocycles. The zero-order chi connectivity index (χ0) is 14.2. The molecule has 3 N–H and O–H groups in total. The lowest BCUT2D eigenvalue weighted by Crippen LogP contribution is -2.51. The Kier molecular flexibility index (Phi) is 4.40. The van der Waals surface area contributed by atoms with Gasteiger partial charge in [0.2, 0.25) is 0 Å². The van der Waals surface area contributed by atoms with Crippen molar-refractivity contribution in [1.29, 1.82) is 0 Å². The van der Waals surface area contributed by atoms with Gasteiger partial charge in [-0.05, 0) is 80.5 Å². The normalized spacial score (nSPS) is 41.9. The smallest absolute Gasteiger partial charge is 0.0465 e. The van der Waals surface area contributed by atoms with Crippen molar-refractivity contribution in [3.63, 3.8) is 0 Å². The summed E-state index contributed by atoms with van der Waals surface area (Å²) in [6.07, 6.45) is 11.4. The molecule has 20 heavy (non-hydrogen) atoms. The molecule has 4 saturated carbocycles. The molecule has 0 amide bonds. The number of hydrogen-bond donors (Lipinski definition) is 2. The Labute approximate surface area is 124 Å². The quantitative estimate of drug-likeness (QED) is 0.556. The molecule has 0 aromatic carbocycles. The van der Waals surface area contributed by atoms with Gasteiger partial charge in [-0.15, -0.1) is 0 Å². The maximum absolute atomic E-state index is 5.88. The number of nitrogens with two attached hydrogens (primary N) is 1. The molecule has 2 atom stereocenters. The van der Waals surface area contributed by atoms with Gasteiger partial charge in [0.05, 0.1) is 0 Å². The highest BCUT2D eigenvalue weighted by Crippen LogP contribution is 2.61. The summed E-state index contributed by atoms with van der Waals surface area (Å²) in [5, 5.41) is 0. The van der Waals surface area contributed by atoms with Crippen molar-refractivity contribution in [2.24, 2.45) is 34.9 Å². The number of methoxy groups -OCH3 is 1. The Morgan fingerprint density at radius 3 is 2.15 bits per heavy atom. The lowest BCUT2D eigenvalue weighted by Gasteiger charge is -2.58. The second kappa shape index (κ2) is 5.94. The van der Waals surface area contributed by atoms with E-state index in [1.165, 1.54) is 44.9 Å². The number of hydrogen-bond acceptors (Lipinski definition) is 3. The van der Waals surface area contributed by atoms with Crippen LogP contribution in [0, 0.1) is 29.1 Å². The van der Waals surface area contributed by atoms with Gasteiger partial charge in [-0.25, -0.2) is 0 Å². The van der Waals surface area contributed by atoms with E-state index in [0.717, 1.165) is 30.8 Å². The fourth-order valence-electron chi connectivity index (χ4n) is 5.94. The van der Waals surface area contributed by atoms with Gasteiger partial charge < -0.3 is 4.74 Å². The fourth-order valence-corrected chi connectivity index (χ4v) is 5.94. The maximum atomic E-state index is 5.88. The summed E-state index contributed by atoms with van der Waals surface area (Å²) in [6.45, 7) is 3.17. The van der Waals surface area contributed by atoms with Crippen molar-refractivity contribution in [3.05, 3.63) is 0 Å². The van der Waals surface area contributed by atoms with Crippen LogP contribution in [-0.4, -0.2) is 19.8 Å². The van der Waals surface area contributed by atoms with Crippen LogP contribution in [0.3, 0.4) is 0 Å². The van der Waals surface area contributed by atoms with Crippen molar-refractivity contribution in [3.8, 4) is 0 Å². The summed E-state index contributed by atoms with van der Waals surface area (Å²) in [4.78, 5) is 0. The number of hydrazine groups is 1. The minimum absolute atomic E-state index is 0.460. The molecule has 4 aliphatic rings. The van der Waals surface area contributed by atoms with Gasteiger partial charge in [0, 0.05) is 19.8 Å². The van der Waals surface area contributed by atoms with Crippen LogP contribution in [0.15, 0.2) is 0 Å². The molecule has 4 aliphatic carbocycles. The van der Waals surface area contributed by atoms with Crippen molar-refractivity contribution in [2.45, 2.75) is 64.3 Å². The molecular formula is C17H32N2O. The standard InChI is InChI=1S/C17H32N2O/c1-12(3-4-20-2)16(19-18)11-17-8-13-5-14(9-17)7-15(6-13)10-17/h12-16,19H,3-11,18H2,1-2H3. The molecule has 3 heteroatoms. The summed E-state index contributed by atoms with van der Waals surface area (Å²) >= 11 is 0. The Balaban J connectivity index is 1.63. The SMILES string of the molecule is COCCC(C)C(CC12CC3CC(CC(C3)C1)C2)NN. The summed E-state index contributed by atoms with van der Waals surface area (Å²) in [6, 6.07) is 0.460. The third kappa shape index (κ3) is 2.90. The highest BCUT2D eigenvalue weighted by atomic mass is 16.5. The van der Waals surface area contributed by atoms with Gasteiger partial charge in [-0.3, -0.25) is 11.3 Å². The Hall–Kier alpha value is -0.120. The van der Waals surface area contributed by atoms with E-state index in [1.807, 2.05) is 0 Å². The van der Waals surface area contributed by atoms with Crippen molar-refractivity contribution >= 4 is 0 Å². The van der Waals surface area contributed by atoms with Crippen molar-refractivity contribution < 1.29 is 4.74 Å².